The maximum absolute atomic E-state index is 6.60. The van der Waals surface area contributed by atoms with Crippen LogP contribution in [-0.2, 0) is 0 Å². The number of hydrogen-bond donors (Lipinski definition) is 0. The molecule has 0 aliphatic rings. The lowest BCUT2D eigenvalue weighted by molar-refractivity contribution is 0.668. The normalized spacial score (nSPS) is 11.7. The third-order valence-corrected chi connectivity index (χ3v) is 8.47. The highest BCUT2D eigenvalue weighted by Gasteiger charge is 2.23. The molecule has 2 heterocycles. The predicted octanol–water partition coefficient (Wildman–Crippen LogP) is 11.8. The van der Waals surface area contributed by atoms with Crippen molar-refractivity contribution in [3.63, 3.8) is 0 Å². The van der Waals surface area contributed by atoms with Crippen molar-refractivity contribution in [3.05, 3.63) is 152 Å². The van der Waals surface area contributed by atoms with Gasteiger partial charge in [0.2, 0.25) is 0 Å². The molecule has 9 rings (SSSR count). The summed E-state index contributed by atoms with van der Waals surface area (Å²) in [7, 11) is 0. The highest BCUT2D eigenvalue weighted by Crippen LogP contribution is 2.47. The molecule has 0 aliphatic carbocycles. The molecule has 43 heavy (non-hydrogen) atoms. The van der Waals surface area contributed by atoms with E-state index in [0.717, 1.165) is 72.1 Å². The van der Waals surface area contributed by atoms with Crippen LogP contribution in [0.3, 0.4) is 0 Å². The van der Waals surface area contributed by atoms with Gasteiger partial charge < -0.3 is 13.7 Å². The Hall–Kier alpha value is -5.80. The summed E-state index contributed by atoms with van der Waals surface area (Å²) in [6, 6.07) is 53.1. The van der Waals surface area contributed by atoms with Crippen molar-refractivity contribution in [2.75, 3.05) is 4.90 Å². The summed E-state index contributed by atoms with van der Waals surface area (Å²) in [4.78, 5) is 2.35. The van der Waals surface area contributed by atoms with Crippen LogP contribution in [0.15, 0.2) is 160 Å². The molecular formula is C40H25NO2. The summed E-state index contributed by atoms with van der Waals surface area (Å²) in [6.45, 7) is 0. The summed E-state index contributed by atoms with van der Waals surface area (Å²) in [5.74, 6) is 0. The van der Waals surface area contributed by atoms with Gasteiger partial charge >= 0.3 is 0 Å². The standard InChI is InChI=1S/C40H25NO2/c1-2-13-28-26(11-1)12-9-19-35(28)41(36-20-10-17-33-31-16-5-8-22-38(31)43-40(33)36)34-18-6-3-14-29(34)27-23-24-32-30-15-4-7-21-37(30)42-39(32)25-27/h1-25H. The summed E-state index contributed by atoms with van der Waals surface area (Å²) in [6.07, 6.45) is 0. The first-order valence-electron chi connectivity index (χ1n) is 14.5. The number of hydrogen-bond acceptors (Lipinski definition) is 3. The number of anilines is 3. The van der Waals surface area contributed by atoms with Gasteiger partial charge in [-0.25, -0.2) is 0 Å². The van der Waals surface area contributed by atoms with E-state index in [0.29, 0.717) is 0 Å². The van der Waals surface area contributed by atoms with Crippen molar-refractivity contribution in [1.82, 2.24) is 0 Å². The zero-order valence-corrected chi connectivity index (χ0v) is 23.2. The fraction of sp³-hybridized carbons (Fsp3) is 0. The van der Waals surface area contributed by atoms with Gasteiger partial charge in [0.05, 0.1) is 17.1 Å². The van der Waals surface area contributed by atoms with Crippen molar-refractivity contribution in [2.24, 2.45) is 0 Å². The van der Waals surface area contributed by atoms with E-state index in [1.807, 2.05) is 24.3 Å². The minimum Gasteiger partial charge on any atom is -0.456 e. The first kappa shape index (κ1) is 23.9. The molecule has 0 saturated carbocycles. The molecule has 9 aromatic rings. The van der Waals surface area contributed by atoms with Crippen LogP contribution < -0.4 is 4.90 Å². The molecule has 7 aromatic carbocycles. The second kappa shape index (κ2) is 9.37. The second-order valence-electron chi connectivity index (χ2n) is 10.9. The predicted molar refractivity (Wildman–Crippen MR) is 179 cm³/mol. The minimum absolute atomic E-state index is 0.860. The highest BCUT2D eigenvalue weighted by atomic mass is 16.3. The van der Waals surface area contributed by atoms with Gasteiger partial charge in [-0.2, -0.15) is 0 Å². The Kier molecular flexibility index (Phi) is 5.20. The van der Waals surface area contributed by atoms with Gasteiger partial charge in [0.15, 0.2) is 5.58 Å². The first-order valence-corrected chi connectivity index (χ1v) is 14.5. The van der Waals surface area contributed by atoms with E-state index in [9.17, 15) is 0 Å². The van der Waals surface area contributed by atoms with E-state index >= 15 is 0 Å². The third kappa shape index (κ3) is 3.68. The molecule has 3 nitrogen and oxygen atoms in total. The molecule has 0 aliphatic heterocycles. The molecule has 0 amide bonds. The molecule has 2 aromatic heterocycles. The lowest BCUT2D eigenvalue weighted by Gasteiger charge is -2.29. The van der Waals surface area contributed by atoms with Crippen molar-refractivity contribution >= 4 is 71.7 Å². The molecule has 0 N–H and O–H groups in total. The number of rotatable bonds is 4. The first-order chi connectivity index (χ1) is 21.3. The van der Waals surface area contributed by atoms with Crippen LogP contribution >= 0.6 is 0 Å². The van der Waals surface area contributed by atoms with E-state index in [2.05, 4.69) is 132 Å². The average Bonchev–Trinajstić information content (AvgIpc) is 3.64. The maximum atomic E-state index is 6.60. The molecule has 0 bridgehead atoms. The maximum Gasteiger partial charge on any atom is 0.159 e. The number of nitrogens with zero attached hydrogens (tertiary/aromatic N) is 1. The van der Waals surface area contributed by atoms with Crippen LogP contribution in [-0.4, -0.2) is 0 Å². The Bertz CT molecular complexity index is 2480. The molecule has 0 unspecified atom stereocenters. The quantitative estimate of drug-likeness (QED) is 0.218. The zero-order valence-electron chi connectivity index (χ0n) is 23.2. The molecule has 3 heteroatoms. The Morgan fingerprint density at radius 2 is 0.953 bits per heavy atom. The molecule has 0 fully saturated rings. The monoisotopic (exact) mass is 551 g/mol. The average molecular weight is 552 g/mol. The Labute approximate surface area is 247 Å². The second-order valence-corrected chi connectivity index (χ2v) is 10.9. The molecule has 202 valence electrons. The van der Waals surface area contributed by atoms with Gasteiger partial charge in [-0.1, -0.05) is 109 Å². The molecule has 0 atom stereocenters. The van der Waals surface area contributed by atoms with Gasteiger partial charge in [-0.3, -0.25) is 0 Å². The van der Waals surface area contributed by atoms with Crippen LogP contribution in [0.2, 0.25) is 0 Å². The van der Waals surface area contributed by atoms with Gasteiger partial charge in [-0.15, -0.1) is 0 Å². The number of fused-ring (bicyclic) bond motifs is 7. The number of furan rings is 2. The molecule has 0 saturated heterocycles. The highest BCUT2D eigenvalue weighted by molar-refractivity contribution is 6.12. The molecule has 0 radical (unpaired) electrons. The van der Waals surface area contributed by atoms with Crippen LogP contribution in [0.1, 0.15) is 0 Å². The van der Waals surface area contributed by atoms with Gasteiger partial charge in [0.25, 0.3) is 0 Å². The lowest BCUT2D eigenvalue weighted by atomic mass is 9.99. The number of para-hydroxylation sites is 4. The van der Waals surface area contributed by atoms with Crippen LogP contribution in [0, 0.1) is 0 Å². The lowest BCUT2D eigenvalue weighted by Crippen LogP contribution is -2.12. The SMILES string of the molecule is c1ccc(N(c2cccc3ccccc23)c2cccc3c2oc2ccccc23)c(-c2ccc3c(c2)oc2ccccc23)c1. The molecule has 0 spiro atoms. The summed E-state index contributed by atoms with van der Waals surface area (Å²) in [5, 5.41) is 6.81. The van der Waals surface area contributed by atoms with Crippen molar-refractivity contribution < 1.29 is 8.83 Å². The zero-order chi connectivity index (χ0) is 28.3. The van der Waals surface area contributed by atoms with Crippen LogP contribution in [0.4, 0.5) is 17.1 Å². The van der Waals surface area contributed by atoms with Gasteiger partial charge in [-0.05, 0) is 53.4 Å². The van der Waals surface area contributed by atoms with Crippen LogP contribution in [0.5, 0.6) is 0 Å². The summed E-state index contributed by atoms with van der Waals surface area (Å²) < 4.78 is 12.9. The van der Waals surface area contributed by atoms with Crippen molar-refractivity contribution in [3.8, 4) is 11.1 Å². The largest absolute Gasteiger partial charge is 0.456 e. The van der Waals surface area contributed by atoms with E-state index < -0.39 is 0 Å². The fourth-order valence-corrected chi connectivity index (χ4v) is 6.51. The minimum atomic E-state index is 0.860. The Morgan fingerprint density at radius 1 is 0.372 bits per heavy atom. The fourth-order valence-electron chi connectivity index (χ4n) is 6.51. The van der Waals surface area contributed by atoms with Crippen molar-refractivity contribution in [2.45, 2.75) is 0 Å². The number of benzene rings is 7. The summed E-state index contributed by atoms with van der Waals surface area (Å²) >= 11 is 0. The Morgan fingerprint density at radius 3 is 1.84 bits per heavy atom. The van der Waals surface area contributed by atoms with Crippen LogP contribution in [0.25, 0.3) is 65.8 Å². The van der Waals surface area contributed by atoms with E-state index in [1.54, 1.807) is 0 Å². The van der Waals surface area contributed by atoms with Gasteiger partial charge in [0, 0.05) is 32.5 Å². The van der Waals surface area contributed by atoms with Crippen molar-refractivity contribution in [1.29, 1.82) is 0 Å². The summed E-state index contributed by atoms with van der Waals surface area (Å²) in [5.41, 5.74) is 8.84. The Balaban J connectivity index is 1.34. The smallest absolute Gasteiger partial charge is 0.159 e. The van der Waals surface area contributed by atoms with E-state index in [1.165, 1.54) is 10.8 Å². The molecular weight excluding hydrogens is 526 g/mol. The van der Waals surface area contributed by atoms with E-state index in [4.69, 9.17) is 8.83 Å². The topological polar surface area (TPSA) is 29.5 Å². The van der Waals surface area contributed by atoms with Gasteiger partial charge in [0.1, 0.15) is 16.7 Å². The van der Waals surface area contributed by atoms with E-state index in [-0.39, 0.29) is 0 Å². The third-order valence-electron chi connectivity index (χ3n) is 8.47.